The minimum atomic E-state index is -0.291. The van der Waals surface area contributed by atoms with E-state index in [-0.39, 0.29) is 36.1 Å². The van der Waals surface area contributed by atoms with Gasteiger partial charge in [-0.05, 0) is 43.9 Å². The second-order valence-electron chi connectivity index (χ2n) is 7.13. The van der Waals surface area contributed by atoms with E-state index in [0.717, 1.165) is 41.9 Å². The van der Waals surface area contributed by atoms with Gasteiger partial charge in [0.15, 0.2) is 0 Å². The van der Waals surface area contributed by atoms with Crippen LogP contribution in [0.1, 0.15) is 37.7 Å². The van der Waals surface area contributed by atoms with Crippen LogP contribution in [0.3, 0.4) is 0 Å². The third-order valence-electron chi connectivity index (χ3n) is 5.14. The molecule has 1 saturated heterocycles. The van der Waals surface area contributed by atoms with Gasteiger partial charge in [0.05, 0.1) is 18.4 Å². The standard InChI is InChI=1S/C20H26N2O4/c1-14-6-4-7-15(12-14)26-11-5-10-21-18(23)13-22-19(24)16-8-2-3-9-17(16)20(22)25/h4,6-7,12,16-17H,2-3,5,8-11,13H2,1H3,(H,21,23)/t16-,17-/m0/s1. The fraction of sp³-hybridized carbons (Fsp3) is 0.550. The molecule has 3 amide bonds. The number of likely N-dealkylation sites (tertiary alicyclic amines) is 1. The van der Waals surface area contributed by atoms with Crippen LogP contribution in [0.25, 0.3) is 0 Å². The number of ether oxygens (including phenoxy) is 1. The van der Waals surface area contributed by atoms with Gasteiger partial charge >= 0.3 is 0 Å². The highest BCUT2D eigenvalue weighted by atomic mass is 16.5. The number of hydrogen-bond donors (Lipinski definition) is 1. The monoisotopic (exact) mass is 358 g/mol. The topological polar surface area (TPSA) is 75.7 Å². The molecule has 2 atom stereocenters. The van der Waals surface area contributed by atoms with Gasteiger partial charge in [0.25, 0.3) is 0 Å². The normalized spacial score (nSPS) is 22.3. The van der Waals surface area contributed by atoms with Crippen molar-refractivity contribution in [2.24, 2.45) is 11.8 Å². The zero-order valence-electron chi connectivity index (χ0n) is 15.2. The van der Waals surface area contributed by atoms with Gasteiger partial charge in [-0.15, -0.1) is 0 Å². The number of rotatable bonds is 7. The van der Waals surface area contributed by atoms with Crippen LogP contribution in [0.5, 0.6) is 5.75 Å². The first-order chi connectivity index (χ1) is 12.6. The Hall–Kier alpha value is -2.37. The minimum absolute atomic E-state index is 0.163. The molecule has 0 radical (unpaired) electrons. The van der Waals surface area contributed by atoms with Crippen LogP contribution in [0.15, 0.2) is 24.3 Å². The average molecular weight is 358 g/mol. The van der Waals surface area contributed by atoms with E-state index < -0.39 is 0 Å². The molecule has 6 nitrogen and oxygen atoms in total. The van der Waals surface area contributed by atoms with Crippen LogP contribution in [-0.4, -0.2) is 42.3 Å². The Morgan fingerprint density at radius 2 is 1.88 bits per heavy atom. The first kappa shape index (κ1) is 18.4. The molecule has 1 aromatic rings. The summed E-state index contributed by atoms with van der Waals surface area (Å²) in [6.07, 6.45) is 4.17. The van der Waals surface area contributed by atoms with Crippen molar-refractivity contribution < 1.29 is 19.1 Å². The number of amides is 3. The molecule has 1 aliphatic heterocycles. The molecular weight excluding hydrogens is 332 g/mol. The van der Waals surface area contributed by atoms with E-state index in [9.17, 15) is 14.4 Å². The molecular formula is C20H26N2O4. The Bertz CT molecular complexity index is 664. The van der Waals surface area contributed by atoms with Gasteiger partial charge in [0.2, 0.25) is 17.7 Å². The molecule has 1 aliphatic carbocycles. The van der Waals surface area contributed by atoms with Crippen molar-refractivity contribution in [2.45, 2.75) is 39.0 Å². The molecule has 1 heterocycles. The lowest BCUT2D eigenvalue weighted by Gasteiger charge is -2.19. The van der Waals surface area contributed by atoms with Crippen molar-refractivity contribution >= 4 is 17.7 Å². The summed E-state index contributed by atoms with van der Waals surface area (Å²) in [6, 6.07) is 7.80. The molecule has 26 heavy (non-hydrogen) atoms. The van der Waals surface area contributed by atoms with Crippen LogP contribution in [0.2, 0.25) is 0 Å². The number of aryl methyl sites for hydroxylation is 1. The predicted octanol–water partition coefficient (Wildman–Crippen LogP) is 2.06. The minimum Gasteiger partial charge on any atom is -0.494 e. The summed E-state index contributed by atoms with van der Waals surface area (Å²) in [5.41, 5.74) is 1.14. The van der Waals surface area contributed by atoms with Gasteiger partial charge < -0.3 is 10.1 Å². The Morgan fingerprint density at radius 1 is 1.19 bits per heavy atom. The van der Waals surface area contributed by atoms with E-state index in [0.29, 0.717) is 19.6 Å². The Labute approximate surface area is 153 Å². The molecule has 0 unspecified atom stereocenters. The highest BCUT2D eigenvalue weighted by Crippen LogP contribution is 2.37. The largest absolute Gasteiger partial charge is 0.494 e. The molecule has 140 valence electrons. The number of carbonyl (C=O) groups excluding carboxylic acids is 3. The van der Waals surface area contributed by atoms with Crippen LogP contribution in [0.4, 0.5) is 0 Å². The molecule has 0 bridgehead atoms. The number of nitrogens with one attached hydrogen (secondary N) is 1. The first-order valence-corrected chi connectivity index (χ1v) is 9.37. The molecule has 3 rings (SSSR count). The smallest absolute Gasteiger partial charge is 0.240 e. The lowest BCUT2D eigenvalue weighted by molar-refractivity contribution is -0.143. The molecule has 2 fully saturated rings. The summed E-state index contributed by atoms with van der Waals surface area (Å²) >= 11 is 0. The lowest BCUT2D eigenvalue weighted by Crippen LogP contribution is -2.41. The van der Waals surface area contributed by atoms with Gasteiger partial charge in [0.1, 0.15) is 12.3 Å². The van der Waals surface area contributed by atoms with E-state index in [2.05, 4.69) is 5.32 Å². The summed E-state index contributed by atoms with van der Waals surface area (Å²) in [5.74, 6) is -0.220. The SMILES string of the molecule is Cc1cccc(OCCCNC(=O)CN2C(=O)[C@H]3CCCC[C@@H]3C2=O)c1. The molecule has 1 saturated carbocycles. The maximum atomic E-state index is 12.4. The predicted molar refractivity (Wildman–Crippen MR) is 96.5 cm³/mol. The Balaban J connectivity index is 1.37. The number of benzene rings is 1. The van der Waals surface area contributed by atoms with E-state index >= 15 is 0 Å². The summed E-state index contributed by atoms with van der Waals surface area (Å²) in [4.78, 5) is 37.9. The second-order valence-corrected chi connectivity index (χ2v) is 7.13. The van der Waals surface area contributed by atoms with Crippen LogP contribution < -0.4 is 10.1 Å². The van der Waals surface area contributed by atoms with E-state index in [1.165, 1.54) is 0 Å². The second kappa shape index (κ2) is 8.34. The molecule has 0 spiro atoms. The van der Waals surface area contributed by atoms with Crippen LogP contribution in [0, 0.1) is 18.8 Å². The van der Waals surface area contributed by atoms with Crippen molar-refractivity contribution in [3.63, 3.8) is 0 Å². The van der Waals surface area contributed by atoms with Crippen molar-refractivity contribution in [1.29, 1.82) is 0 Å². The van der Waals surface area contributed by atoms with Gasteiger partial charge in [-0.25, -0.2) is 0 Å². The number of carbonyl (C=O) groups is 3. The zero-order valence-corrected chi connectivity index (χ0v) is 15.2. The van der Waals surface area contributed by atoms with Gasteiger partial charge in [-0.3, -0.25) is 19.3 Å². The third kappa shape index (κ3) is 4.23. The molecule has 1 N–H and O–H groups in total. The highest BCUT2D eigenvalue weighted by Gasteiger charge is 2.48. The van der Waals surface area contributed by atoms with E-state index in [4.69, 9.17) is 4.74 Å². The number of fused-ring (bicyclic) bond motifs is 1. The van der Waals surface area contributed by atoms with Crippen LogP contribution in [-0.2, 0) is 14.4 Å². The lowest BCUT2D eigenvalue weighted by atomic mass is 9.81. The summed E-state index contributed by atoms with van der Waals surface area (Å²) in [7, 11) is 0. The van der Waals surface area contributed by atoms with E-state index in [1.807, 2.05) is 31.2 Å². The van der Waals surface area contributed by atoms with Crippen molar-refractivity contribution in [3.05, 3.63) is 29.8 Å². The zero-order chi connectivity index (χ0) is 18.5. The van der Waals surface area contributed by atoms with Gasteiger partial charge in [-0.1, -0.05) is 25.0 Å². The molecule has 2 aliphatic rings. The first-order valence-electron chi connectivity index (χ1n) is 9.37. The highest BCUT2D eigenvalue weighted by molar-refractivity contribution is 6.07. The maximum absolute atomic E-state index is 12.4. The number of nitrogens with zero attached hydrogens (tertiary/aromatic N) is 1. The summed E-state index contributed by atoms with van der Waals surface area (Å²) in [6.45, 7) is 2.79. The van der Waals surface area contributed by atoms with Gasteiger partial charge in [0, 0.05) is 6.54 Å². The van der Waals surface area contributed by atoms with Gasteiger partial charge in [-0.2, -0.15) is 0 Å². The van der Waals surface area contributed by atoms with Crippen molar-refractivity contribution in [3.8, 4) is 5.75 Å². The van der Waals surface area contributed by atoms with Crippen LogP contribution >= 0.6 is 0 Å². The number of hydrogen-bond acceptors (Lipinski definition) is 4. The Kier molecular flexibility index (Phi) is 5.91. The molecule has 1 aromatic carbocycles. The Morgan fingerprint density at radius 3 is 2.54 bits per heavy atom. The quantitative estimate of drug-likeness (QED) is 0.598. The molecule has 6 heteroatoms. The van der Waals surface area contributed by atoms with E-state index in [1.54, 1.807) is 0 Å². The molecule has 0 aromatic heterocycles. The number of imide groups is 1. The fourth-order valence-corrected chi connectivity index (χ4v) is 3.78. The van der Waals surface area contributed by atoms with Crippen molar-refractivity contribution in [2.75, 3.05) is 19.7 Å². The summed E-state index contributed by atoms with van der Waals surface area (Å²) in [5, 5.41) is 2.76. The summed E-state index contributed by atoms with van der Waals surface area (Å²) < 4.78 is 5.63. The average Bonchev–Trinajstić information content (AvgIpc) is 2.87. The fourth-order valence-electron chi connectivity index (χ4n) is 3.78. The third-order valence-corrected chi connectivity index (χ3v) is 5.14. The van der Waals surface area contributed by atoms with Crippen molar-refractivity contribution in [1.82, 2.24) is 10.2 Å². The maximum Gasteiger partial charge on any atom is 0.240 e.